The number of nitrogens with two attached hydrogens (primary N) is 1. The number of hydrogen-bond donors (Lipinski definition) is 1. The zero-order valence-corrected chi connectivity index (χ0v) is 12.6. The Morgan fingerprint density at radius 2 is 1.81 bits per heavy atom. The molecule has 0 bridgehead atoms. The van der Waals surface area contributed by atoms with Crippen molar-refractivity contribution in [3.05, 3.63) is 29.8 Å². The highest BCUT2D eigenvalue weighted by Gasteiger charge is 2.25. The summed E-state index contributed by atoms with van der Waals surface area (Å²) in [6.07, 6.45) is 1.75. The van der Waals surface area contributed by atoms with Gasteiger partial charge in [-0.3, -0.25) is 9.59 Å². The first kappa shape index (κ1) is 17.0. The molecule has 0 amide bonds. The Kier molecular flexibility index (Phi) is 7.29. The number of carbonyl (C=O) groups is 2. The van der Waals surface area contributed by atoms with Crippen LogP contribution in [0.5, 0.6) is 0 Å². The fraction of sp³-hybridized carbons (Fsp3) is 0.500. The molecule has 21 heavy (non-hydrogen) atoms. The molecule has 1 aromatic carbocycles. The van der Waals surface area contributed by atoms with Crippen molar-refractivity contribution in [3.8, 4) is 0 Å². The van der Waals surface area contributed by atoms with Crippen molar-refractivity contribution in [3.63, 3.8) is 0 Å². The molecular formula is C16H23NO4. The number of rotatable bonds is 8. The molecule has 2 N–H and O–H groups in total. The monoisotopic (exact) mass is 293 g/mol. The second-order valence-corrected chi connectivity index (χ2v) is 4.75. The van der Waals surface area contributed by atoms with Gasteiger partial charge in [-0.05, 0) is 31.0 Å². The van der Waals surface area contributed by atoms with E-state index < -0.39 is 17.9 Å². The zero-order chi connectivity index (χ0) is 15.7. The third-order valence-corrected chi connectivity index (χ3v) is 3.04. The summed E-state index contributed by atoms with van der Waals surface area (Å²) in [5.74, 6) is -1.47. The highest BCUT2D eigenvalue weighted by molar-refractivity contribution is 5.84. The van der Waals surface area contributed by atoms with E-state index in [1.54, 1.807) is 31.2 Å². The van der Waals surface area contributed by atoms with Gasteiger partial charge in [0, 0.05) is 5.69 Å². The fourth-order valence-corrected chi connectivity index (χ4v) is 1.86. The largest absolute Gasteiger partial charge is 0.466 e. The van der Waals surface area contributed by atoms with E-state index in [-0.39, 0.29) is 13.0 Å². The lowest BCUT2D eigenvalue weighted by Gasteiger charge is -2.15. The predicted molar refractivity (Wildman–Crippen MR) is 80.7 cm³/mol. The molecule has 0 aliphatic rings. The van der Waals surface area contributed by atoms with Crippen molar-refractivity contribution in [1.82, 2.24) is 0 Å². The first-order valence-electron chi connectivity index (χ1n) is 7.26. The fourth-order valence-electron chi connectivity index (χ4n) is 1.86. The van der Waals surface area contributed by atoms with Gasteiger partial charge in [0.15, 0.2) is 0 Å². The van der Waals surface area contributed by atoms with Crippen LogP contribution < -0.4 is 5.73 Å². The summed E-state index contributed by atoms with van der Waals surface area (Å²) in [6.45, 7) is 4.41. The number of ether oxygens (including phenoxy) is 2. The maximum Gasteiger partial charge on any atom is 0.313 e. The quantitative estimate of drug-likeness (QED) is 0.453. The van der Waals surface area contributed by atoms with Crippen molar-refractivity contribution in [1.29, 1.82) is 0 Å². The maximum atomic E-state index is 12.0. The van der Waals surface area contributed by atoms with Crippen molar-refractivity contribution >= 4 is 17.6 Å². The lowest BCUT2D eigenvalue weighted by Crippen LogP contribution is -2.21. The van der Waals surface area contributed by atoms with E-state index >= 15 is 0 Å². The Hall–Kier alpha value is -2.04. The molecule has 5 heteroatoms. The van der Waals surface area contributed by atoms with E-state index in [9.17, 15) is 9.59 Å². The third kappa shape index (κ3) is 5.85. The molecule has 1 aromatic rings. The molecule has 116 valence electrons. The van der Waals surface area contributed by atoms with E-state index in [2.05, 4.69) is 0 Å². The molecule has 0 heterocycles. The summed E-state index contributed by atoms with van der Waals surface area (Å²) in [7, 11) is 0. The van der Waals surface area contributed by atoms with Crippen molar-refractivity contribution in [2.75, 3.05) is 18.9 Å². The molecular weight excluding hydrogens is 270 g/mol. The van der Waals surface area contributed by atoms with Gasteiger partial charge in [0.25, 0.3) is 0 Å². The summed E-state index contributed by atoms with van der Waals surface area (Å²) in [5.41, 5.74) is 6.94. The second-order valence-electron chi connectivity index (χ2n) is 4.75. The summed E-state index contributed by atoms with van der Waals surface area (Å²) in [5, 5.41) is 0. The summed E-state index contributed by atoms with van der Waals surface area (Å²) >= 11 is 0. The first-order valence-corrected chi connectivity index (χ1v) is 7.26. The molecule has 0 saturated carbocycles. The van der Waals surface area contributed by atoms with Crippen LogP contribution in [0.15, 0.2) is 24.3 Å². The van der Waals surface area contributed by atoms with Crippen molar-refractivity contribution in [2.24, 2.45) is 0 Å². The van der Waals surface area contributed by atoms with Crippen LogP contribution in [0.4, 0.5) is 5.69 Å². The Morgan fingerprint density at radius 3 is 2.38 bits per heavy atom. The van der Waals surface area contributed by atoms with Crippen LogP contribution in [0.1, 0.15) is 44.6 Å². The van der Waals surface area contributed by atoms with Crippen LogP contribution in [0.3, 0.4) is 0 Å². The molecule has 5 nitrogen and oxygen atoms in total. The van der Waals surface area contributed by atoms with Crippen LogP contribution in [-0.4, -0.2) is 25.2 Å². The van der Waals surface area contributed by atoms with E-state index in [1.165, 1.54) is 0 Å². The molecule has 0 aliphatic carbocycles. The lowest BCUT2D eigenvalue weighted by molar-refractivity contribution is -0.152. The van der Waals surface area contributed by atoms with Gasteiger partial charge in [0.2, 0.25) is 0 Å². The van der Waals surface area contributed by atoms with Gasteiger partial charge in [-0.1, -0.05) is 25.5 Å². The minimum absolute atomic E-state index is 0.0214. The molecule has 0 saturated heterocycles. The average molecular weight is 293 g/mol. The smallest absolute Gasteiger partial charge is 0.313 e. The van der Waals surface area contributed by atoms with E-state index in [4.69, 9.17) is 15.2 Å². The molecule has 1 rings (SSSR count). The van der Waals surface area contributed by atoms with Crippen molar-refractivity contribution in [2.45, 2.75) is 39.0 Å². The van der Waals surface area contributed by atoms with E-state index in [0.717, 1.165) is 12.8 Å². The van der Waals surface area contributed by atoms with Gasteiger partial charge in [0.1, 0.15) is 0 Å². The first-order chi connectivity index (χ1) is 10.1. The molecule has 1 atom stereocenters. The van der Waals surface area contributed by atoms with Gasteiger partial charge in [-0.15, -0.1) is 0 Å². The summed E-state index contributed by atoms with van der Waals surface area (Å²) < 4.78 is 10.2. The lowest BCUT2D eigenvalue weighted by atomic mass is 9.95. The molecule has 0 aromatic heterocycles. The summed E-state index contributed by atoms with van der Waals surface area (Å²) in [6, 6.07) is 6.86. The molecule has 1 unspecified atom stereocenters. The van der Waals surface area contributed by atoms with Gasteiger partial charge < -0.3 is 15.2 Å². The summed E-state index contributed by atoms with van der Waals surface area (Å²) in [4.78, 5) is 23.9. The number of benzene rings is 1. The maximum absolute atomic E-state index is 12.0. The van der Waals surface area contributed by atoms with Gasteiger partial charge in [-0.2, -0.15) is 0 Å². The molecule has 0 fully saturated rings. The van der Waals surface area contributed by atoms with Crippen LogP contribution in [-0.2, 0) is 19.1 Å². The highest BCUT2D eigenvalue weighted by atomic mass is 16.5. The second kappa shape index (κ2) is 9.00. The minimum atomic E-state index is -0.653. The third-order valence-electron chi connectivity index (χ3n) is 3.04. The number of anilines is 1. The van der Waals surface area contributed by atoms with Crippen LogP contribution >= 0.6 is 0 Å². The van der Waals surface area contributed by atoms with E-state index in [1.807, 2.05) is 6.92 Å². The van der Waals surface area contributed by atoms with Crippen LogP contribution in [0.2, 0.25) is 0 Å². The van der Waals surface area contributed by atoms with Gasteiger partial charge in [0.05, 0.1) is 25.6 Å². The Bertz CT molecular complexity index is 456. The molecule has 0 spiro atoms. The number of unbranched alkanes of at least 4 members (excludes halogenated alkanes) is 1. The van der Waals surface area contributed by atoms with Gasteiger partial charge >= 0.3 is 11.9 Å². The molecule has 0 radical (unpaired) electrons. The Labute approximate surface area is 125 Å². The standard InChI is InChI=1S/C16H23NO4/c1-3-5-10-21-15(18)11-14(16(19)20-4-2)12-6-8-13(17)9-7-12/h6-9,14H,3-5,10-11,17H2,1-2H3. The highest BCUT2D eigenvalue weighted by Crippen LogP contribution is 2.23. The SMILES string of the molecule is CCCCOC(=O)CC(C(=O)OCC)c1ccc(N)cc1. The Morgan fingerprint density at radius 1 is 1.14 bits per heavy atom. The average Bonchev–Trinajstić information content (AvgIpc) is 2.46. The van der Waals surface area contributed by atoms with Gasteiger partial charge in [-0.25, -0.2) is 0 Å². The topological polar surface area (TPSA) is 78.6 Å². The number of carbonyl (C=O) groups excluding carboxylic acids is 2. The predicted octanol–water partition coefficient (Wildman–Crippen LogP) is 2.65. The number of nitrogen functional groups attached to an aromatic ring is 1. The molecule has 0 aliphatic heterocycles. The van der Waals surface area contributed by atoms with E-state index in [0.29, 0.717) is 17.9 Å². The Balaban J connectivity index is 2.75. The zero-order valence-electron chi connectivity index (χ0n) is 12.6. The number of esters is 2. The van der Waals surface area contributed by atoms with Crippen LogP contribution in [0, 0.1) is 0 Å². The number of hydrogen-bond acceptors (Lipinski definition) is 5. The van der Waals surface area contributed by atoms with Crippen molar-refractivity contribution < 1.29 is 19.1 Å². The van der Waals surface area contributed by atoms with Crippen LogP contribution in [0.25, 0.3) is 0 Å². The minimum Gasteiger partial charge on any atom is -0.466 e. The normalized spacial score (nSPS) is 11.7.